The Morgan fingerprint density at radius 2 is 2.00 bits per heavy atom. The largest absolute Gasteiger partial charge is 0.493 e. The van der Waals surface area contributed by atoms with Gasteiger partial charge in [0.15, 0.2) is 11.5 Å². The molecule has 1 amide bonds. The summed E-state index contributed by atoms with van der Waals surface area (Å²) in [5.41, 5.74) is 0.929. The quantitative estimate of drug-likeness (QED) is 0.794. The van der Waals surface area contributed by atoms with Crippen molar-refractivity contribution in [1.29, 1.82) is 0 Å². The van der Waals surface area contributed by atoms with E-state index in [1.807, 2.05) is 35.2 Å². The minimum Gasteiger partial charge on any atom is -0.493 e. The summed E-state index contributed by atoms with van der Waals surface area (Å²) in [6.07, 6.45) is 2.06. The standard InChI is InChI=1S/C20H26N2O4/c1-15-13-21(14-17-5-4-10-26-17)8-9-22(15)20(23)12-16-6-7-18(24-2)19(11-16)25-3/h4-7,10-11,15H,8-9,12-14H2,1-3H3/t15-/m1/s1. The number of benzene rings is 1. The highest BCUT2D eigenvalue weighted by molar-refractivity contribution is 5.79. The Kier molecular flexibility index (Phi) is 5.83. The second kappa shape index (κ2) is 8.27. The van der Waals surface area contributed by atoms with E-state index in [4.69, 9.17) is 13.9 Å². The number of methoxy groups -OCH3 is 2. The first-order valence-electron chi connectivity index (χ1n) is 8.86. The van der Waals surface area contributed by atoms with Gasteiger partial charge >= 0.3 is 0 Å². The summed E-state index contributed by atoms with van der Waals surface area (Å²) in [5, 5.41) is 0. The zero-order chi connectivity index (χ0) is 18.5. The summed E-state index contributed by atoms with van der Waals surface area (Å²) in [5.74, 6) is 2.42. The highest BCUT2D eigenvalue weighted by Crippen LogP contribution is 2.28. The molecule has 140 valence electrons. The molecule has 6 nitrogen and oxygen atoms in total. The van der Waals surface area contributed by atoms with Gasteiger partial charge in [0, 0.05) is 25.7 Å². The second-order valence-corrected chi connectivity index (χ2v) is 6.62. The third-order valence-corrected chi connectivity index (χ3v) is 4.79. The molecule has 1 aliphatic rings. The van der Waals surface area contributed by atoms with E-state index in [0.717, 1.165) is 37.5 Å². The number of ether oxygens (including phenoxy) is 2. The molecule has 0 saturated carbocycles. The monoisotopic (exact) mass is 358 g/mol. The zero-order valence-electron chi connectivity index (χ0n) is 15.6. The molecule has 0 radical (unpaired) electrons. The molecule has 3 rings (SSSR count). The molecule has 2 aromatic rings. The first-order valence-corrected chi connectivity index (χ1v) is 8.86. The van der Waals surface area contributed by atoms with E-state index in [9.17, 15) is 4.79 Å². The number of hydrogen-bond donors (Lipinski definition) is 0. The molecule has 26 heavy (non-hydrogen) atoms. The van der Waals surface area contributed by atoms with Crippen molar-refractivity contribution in [1.82, 2.24) is 9.80 Å². The molecule has 1 saturated heterocycles. The lowest BCUT2D eigenvalue weighted by molar-refractivity contribution is -0.135. The Balaban J connectivity index is 1.58. The Bertz CT molecular complexity index is 729. The molecular formula is C20H26N2O4. The van der Waals surface area contributed by atoms with Gasteiger partial charge in [-0.25, -0.2) is 0 Å². The van der Waals surface area contributed by atoms with Gasteiger partial charge in [0.2, 0.25) is 5.91 Å². The third kappa shape index (κ3) is 4.19. The van der Waals surface area contributed by atoms with E-state index < -0.39 is 0 Å². The maximum Gasteiger partial charge on any atom is 0.227 e. The predicted octanol–water partition coefficient (Wildman–Crippen LogP) is 2.57. The molecule has 0 aliphatic carbocycles. The van der Waals surface area contributed by atoms with Crippen molar-refractivity contribution in [3.8, 4) is 11.5 Å². The van der Waals surface area contributed by atoms with Gasteiger partial charge in [-0.2, -0.15) is 0 Å². The van der Waals surface area contributed by atoms with Crippen molar-refractivity contribution in [2.45, 2.75) is 25.9 Å². The minimum absolute atomic E-state index is 0.141. The van der Waals surface area contributed by atoms with Gasteiger partial charge in [-0.05, 0) is 36.8 Å². The number of rotatable bonds is 6. The van der Waals surface area contributed by atoms with Crippen LogP contribution in [0.3, 0.4) is 0 Å². The van der Waals surface area contributed by atoms with Crippen molar-refractivity contribution < 1.29 is 18.7 Å². The van der Waals surface area contributed by atoms with Gasteiger partial charge in [-0.1, -0.05) is 6.07 Å². The number of nitrogens with zero attached hydrogens (tertiary/aromatic N) is 2. The van der Waals surface area contributed by atoms with E-state index >= 15 is 0 Å². The van der Waals surface area contributed by atoms with E-state index in [2.05, 4.69) is 11.8 Å². The highest BCUT2D eigenvalue weighted by Gasteiger charge is 2.27. The van der Waals surface area contributed by atoms with Crippen molar-refractivity contribution in [2.75, 3.05) is 33.9 Å². The van der Waals surface area contributed by atoms with Gasteiger partial charge < -0.3 is 18.8 Å². The summed E-state index contributed by atoms with van der Waals surface area (Å²) in [7, 11) is 3.20. The van der Waals surface area contributed by atoms with Gasteiger partial charge in [-0.15, -0.1) is 0 Å². The number of furan rings is 1. The number of piperazine rings is 1. The number of hydrogen-bond acceptors (Lipinski definition) is 5. The predicted molar refractivity (Wildman–Crippen MR) is 98.4 cm³/mol. The van der Waals surface area contributed by atoms with Crippen LogP contribution in [0.2, 0.25) is 0 Å². The van der Waals surface area contributed by atoms with Crippen LogP contribution in [0.4, 0.5) is 0 Å². The summed E-state index contributed by atoms with van der Waals surface area (Å²) >= 11 is 0. The fraction of sp³-hybridized carbons (Fsp3) is 0.450. The van der Waals surface area contributed by atoms with Crippen LogP contribution in [0.15, 0.2) is 41.0 Å². The van der Waals surface area contributed by atoms with Crippen molar-refractivity contribution in [3.63, 3.8) is 0 Å². The zero-order valence-corrected chi connectivity index (χ0v) is 15.6. The lowest BCUT2D eigenvalue weighted by Crippen LogP contribution is -2.54. The lowest BCUT2D eigenvalue weighted by Gasteiger charge is -2.39. The fourth-order valence-electron chi connectivity index (χ4n) is 3.44. The average Bonchev–Trinajstić information content (AvgIpc) is 3.14. The molecular weight excluding hydrogens is 332 g/mol. The Morgan fingerprint density at radius 3 is 2.65 bits per heavy atom. The van der Waals surface area contributed by atoms with Crippen LogP contribution >= 0.6 is 0 Å². The third-order valence-electron chi connectivity index (χ3n) is 4.79. The first-order chi connectivity index (χ1) is 12.6. The van der Waals surface area contributed by atoms with Gasteiger partial charge in [0.1, 0.15) is 5.76 Å². The van der Waals surface area contributed by atoms with E-state index in [-0.39, 0.29) is 11.9 Å². The van der Waals surface area contributed by atoms with Crippen molar-refractivity contribution in [2.24, 2.45) is 0 Å². The summed E-state index contributed by atoms with van der Waals surface area (Å²) in [6.45, 7) is 5.31. The van der Waals surface area contributed by atoms with Gasteiger partial charge in [-0.3, -0.25) is 9.69 Å². The van der Waals surface area contributed by atoms with Crippen LogP contribution in [0.1, 0.15) is 18.2 Å². The lowest BCUT2D eigenvalue weighted by atomic mass is 10.1. The Labute approximate surface area is 154 Å². The van der Waals surface area contributed by atoms with E-state index in [1.165, 1.54) is 0 Å². The SMILES string of the molecule is COc1ccc(CC(=O)N2CCN(Cc3ccco3)C[C@H]2C)cc1OC. The van der Waals surface area contributed by atoms with E-state index in [0.29, 0.717) is 17.9 Å². The highest BCUT2D eigenvalue weighted by atomic mass is 16.5. The Hall–Kier alpha value is -2.47. The van der Waals surface area contributed by atoms with Crippen LogP contribution in [0.5, 0.6) is 11.5 Å². The van der Waals surface area contributed by atoms with Crippen molar-refractivity contribution in [3.05, 3.63) is 47.9 Å². The fourth-order valence-corrected chi connectivity index (χ4v) is 3.44. The maximum absolute atomic E-state index is 12.8. The molecule has 1 aromatic heterocycles. The molecule has 0 N–H and O–H groups in total. The summed E-state index contributed by atoms with van der Waals surface area (Å²) in [4.78, 5) is 17.1. The minimum atomic E-state index is 0.141. The van der Waals surface area contributed by atoms with Crippen LogP contribution in [-0.4, -0.2) is 55.6 Å². The number of carbonyl (C=O) groups is 1. The molecule has 1 aliphatic heterocycles. The molecule has 0 spiro atoms. The summed E-state index contributed by atoms with van der Waals surface area (Å²) < 4.78 is 16.0. The van der Waals surface area contributed by atoms with Crippen LogP contribution < -0.4 is 9.47 Å². The van der Waals surface area contributed by atoms with Gasteiger partial charge in [0.25, 0.3) is 0 Å². The second-order valence-electron chi connectivity index (χ2n) is 6.62. The molecule has 2 heterocycles. The van der Waals surface area contributed by atoms with Crippen LogP contribution in [0.25, 0.3) is 0 Å². The molecule has 6 heteroatoms. The molecule has 0 bridgehead atoms. The normalized spacial score (nSPS) is 18.0. The smallest absolute Gasteiger partial charge is 0.227 e. The van der Waals surface area contributed by atoms with Gasteiger partial charge in [0.05, 0.1) is 33.4 Å². The number of amides is 1. The summed E-state index contributed by atoms with van der Waals surface area (Å²) in [6, 6.07) is 9.69. The van der Waals surface area contributed by atoms with Crippen LogP contribution in [0, 0.1) is 0 Å². The average molecular weight is 358 g/mol. The topological polar surface area (TPSA) is 55.2 Å². The Morgan fingerprint density at radius 1 is 1.19 bits per heavy atom. The molecule has 1 aromatic carbocycles. The van der Waals surface area contributed by atoms with Crippen molar-refractivity contribution >= 4 is 5.91 Å². The maximum atomic E-state index is 12.8. The first kappa shape index (κ1) is 18.3. The number of carbonyl (C=O) groups excluding carboxylic acids is 1. The molecule has 0 unspecified atom stereocenters. The molecule has 1 fully saturated rings. The van der Waals surface area contributed by atoms with E-state index in [1.54, 1.807) is 20.5 Å². The molecule has 1 atom stereocenters. The van der Waals surface area contributed by atoms with Crippen LogP contribution in [-0.2, 0) is 17.8 Å².